The molecule has 0 aliphatic rings. The zero-order valence-corrected chi connectivity index (χ0v) is 12.0. The van der Waals surface area contributed by atoms with Gasteiger partial charge in [-0.05, 0) is 11.6 Å². The number of nitrogens with zero attached hydrogens (tertiary/aromatic N) is 4. The third-order valence-electron chi connectivity index (χ3n) is 3.17. The first-order valence-electron chi connectivity index (χ1n) is 6.69. The van der Waals surface area contributed by atoms with E-state index >= 15 is 0 Å². The van der Waals surface area contributed by atoms with Crippen molar-refractivity contribution in [1.29, 1.82) is 0 Å². The molecule has 0 spiro atoms. The first kappa shape index (κ1) is 15.8. The number of aromatic amines is 1. The van der Waals surface area contributed by atoms with E-state index in [9.17, 15) is 17.6 Å². The highest BCUT2D eigenvalue weighted by Gasteiger charge is 2.36. The zero-order valence-electron chi connectivity index (χ0n) is 12.0. The molecule has 0 saturated heterocycles. The highest BCUT2D eigenvalue weighted by Crippen LogP contribution is 2.27. The molecule has 3 aromatic rings. The summed E-state index contributed by atoms with van der Waals surface area (Å²) in [6.45, 7) is 0. The van der Waals surface area contributed by atoms with Gasteiger partial charge in [-0.2, -0.15) is 13.2 Å². The molecule has 0 saturated carbocycles. The SMILES string of the molecule is Nc1ncc(-c2nc(C(F)(F)F)n[nH]2)nc1Cc1ccccc1F. The number of benzene rings is 1. The largest absolute Gasteiger partial charge is 0.453 e. The van der Waals surface area contributed by atoms with Crippen molar-refractivity contribution in [2.75, 3.05) is 5.73 Å². The van der Waals surface area contributed by atoms with Gasteiger partial charge in [0.05, 0.1) is 11.9 Å². The van der Waals surface area contributed by atoms with Gasteiger partial charge >= 0.3 is 6.18 Å². The minimum atomic E-state index is -4.67. The van der Waals surface area contributed by atoms with Crippen LogP contribution in [0.15, 0.2) is 30.5 Å². The molecule has 24 heavy (non-hydrogen) atoms. The van der Waals surface area contributed by atoms with E-state index in [1.165, 1.54) is 18.3 Å². The lowest BCUT2D eigenvalue weighted by Crippen LogP contribution is -2.07. The average molecular weight is 338 g/mol. The quantitative estimate of drug-likeness (QED) is 0.716. The molecule has 6 nitrogen and oxygen atoms in total. The summed E-state index contributed by atoms with van der Waals surface area (Å²) >= 11 is 0. The molecule has 2 aromatic heterocycles. The third kappa shape index (κ3) is 3.16. The van der Waals surface area contributed by atoms with Crippen LogP contribution in [0.4, 0.5) is 23.4 Å². The summed E-state index contributed by atoms with van der Waals surface area (Å²) in [7, 11) is 0. The van der Waals surface area contributed by atoms with E-state index in [1.54, 1.807) is 12.1 Å². The second kappa shape index (κ2) is 5.87. The summed E-state index contributed by atoms with van der Waals surface area (Å²) < 4.78 is 51.4. The lowest BCUT2D eigenvalue weighted by Gasteiger charge is -2.06. The lowest BCUT2D eigenvalue weighted by molar-refractivity contribution is -0.144. The van der Waals surface area contributed by atoms with Crippen LogP contribution in [-0.4, -0.2) is 25.1 Å². The fourth-order valence-corrected chi connectivity index (χ4v) is 2.01. The van der Waals surface area contributed by atoms with Crippen molar-refractivity contribution < 1.29 is 17.6 Å². The summed E-state index contributed by atoms with van der Waals surface area (Å²) in [6, 6.07) is 6.03. The maximum absolute atomic E-state index is 13.7. The van der Waals surface area contributed by atoms with Gasteiger partial charge in [0.25, 0.3) is 5.82 Å². The maximum Gasteiger partial charge on any atom is 0.453 e. The van der Waals surface area contributed by atoms with Gasteiger partial charge in [-0.3, -0.25) is 5.10 Å². The van der Waals surface area contributed by atoms with Crippen LogP contribution in [0.5, 0.6) is 0 Å². The Bertz CT molecular complexity index is 874. The first-order valence-corrected chi connectivity index (χ1v) is 6.69. The molecule has 0 bridgehead atoms. The second-order valence-electron chi connectivity index (χ2n) is 4.86. The normalized spacial score (nSPS) is 11.7. The van der Waals surface area contributed by atoms with Crippen LogP contribution in [0.25, 0.3) is 11.5 Å². The minimum absolute atomic E-state index is 0.0264. The van der Waals surface area contributed by atoms with Crippen molar-refractivity contribution in [3.05, 3.63) is 53.4 Å². The van der Waals surface area contributed by atoms with E-state index < -0.39 is 17.8 Å². The Labute approximate surface area is 132 Å². The Kier molecular flexibility index (Phi) is 3.87. The third-order valence-corrected chi connectivity index (χ3v) is 3.17. The van der Waals surface area contributed by atoms with Crippen LogP contribution < -0.4 is 5.73 Å². The Morgan fingerprint density at radius 3 is 2.54 bits per heavy atom. The molecule has 0 atom stereocenters. The average Bonchev–Trinajstić information content (AvgIpc) is 3.02. The van der Waals surface area contributed by atoms with Crippen molar-refractivity contribution in [3.8, 4) is 11.5 Å². The molecule has 0 unspecified atom stereocenters. The predicted molar refractivity (Wildman–Crippen MR) is 76.0 cm³/mol. The molecule has 0 aliphatic heterocycles. The van der Waals surface area contributed by atoms with E-state index in [2.05, 4.69) is 25.1 Å². The molecule has 124 valence electrons. The Morgan fingerprint density at radius 2 is 1.88 bits per heavy atom. The van der Waals surface area contributed by atoms with Crippen molar-refractivity contribution in [2.24, 2.45) is 0 Å². The summed E-state index contributed by atoms with van der Waals surface area (Å²) in [5.41, 5.74) is 6.31. The van der Waals surface area contributed by atoms with E-state index in [0.29, 0.717) is 5.56 Å². The molecule has 0 radical (unpaired) electrons. The minimum Gasteiger partial charge on any atom is -0.382 e. The number of halogens is 4. The fraction of sp³-hybridized carbons (Fsp3) is 0.143. The van der Waals surface area contributed by atoms with Crippen molar-refractivity contribution in [2.45, 2.75) is 12.6 Å². The second-order valence-corrected chi connectivity index (χ2v) is 4.86. The Balaban J connectivity index is 1.95. The highest BCUT2D eigenvalue weighted by molar-refractivity contribution is 5.51. The monoisotopic (exact) mass is 338 g/mol. The van der Waals surface area contributed by atoms with Crippen LogP contribution in [0.2, 0.25) is 0 Å². The van der Waals surface area contributed by atoms with Crippen molar-refractivity contribution in [1.82, 2.24) is 25.1 Å². The fourth-order valence-electron chi connectivity index (χ4n) is 2.01. The molecule has 0 amide bonds. The summed E-state index contributed by atoms with van der Waals surface area (Å²) in [6.07, 6.45) is -3.47. The highest BCUT2D eigenvalue weighted by atomic mass is 19.4. The number of H-pyrrole nitrogens is 1. The lowest BCUT2D eigenvalue weighted by atomic mass is 10.1. The van der Waals surface area contributed by atoms with E-state index in [-0.39, 0.29) is 29.5 Å². The summed E-state index contributed by atoms with van der Waals surface area (Å²) in [4.78, 5) is 11.3. The van der Waals surface area contributed by atoms with Gasteiger partial charge in [-0.1, -0.05) is 18.2 Å². The number of hydrogen-bond acceptors (Lipinski definition) is 5. The molecule has 10 heteroatoms. The topological polar surface area (TPSA) is 93.4 Å². The number of hydrogen-bond donors (Lipinski definition) is 2. The molecule has 2 heterocycles. The van der Waals surface area contributed by atoms with Gasteiger partial charge in [-0.25, -0.2) is 19.3 Å². The van der Waals surface area contributed by atoms with Crippen LogP contribution in [0, 0.1) is 5.82 Å². The number of nitrogen functional groups attached to an aromatic ring is 1. The molecule has 0 fully saturated rings. The van der Waals surface area contributed by atoms with E-state index in [0.717, 1.165) is 0 Å². The molecule has 1 aromatic carbocycles. The first-order chi connectivity index (χ1) is 11.3. The number of alkyl halides is 3. The molecule has 3 N–H and O–H groups in total. The number of nitrogens with one attached hydrogen (secondary N) is 1. The zero-order chi connectivity index (χ0) is 17.3. The maximum atomic E-state index is 13.7. The number of aromatic nitrogens is 5. The molecular formula is C14H10F4N6. The molecule has 0 aliphatic carbocycles. The van der Waals surface area contributed by atoms with Gasteiger partial charge in [0.2, 0.25) is 0 Å². The van der Waals surface area contributed by atoms with Crippen LogP contribution >= 0.6 is 0 Å². The van der Waals surface area contributed by atoms with Gasteiger partial charge in [0, 0.05) is 6.42 Å². The van der Waals surface area contributed by atoms with Gasteiger partial charge in [-0.15, -0.1) is 5.10 Å². The number of anilines is 1. The molecular weight excluding hydrogens is 328 g/mol. The Hall–Kier alpha value is -3.04. The van der Waals surface area contributed by atoms with Gasteiger partial charge in [0.15, 0.2) is 5.82 Å². The van der Waals surface area contributed by atoms with Crippen LogP contribution in [-0.2, 0) is 12.6 Å². The van der Waals surface area contributed by atoms with Gasteiger partial charge in [0.1, 0.15) is 17.3 Å². The predicted octanol–water partition coefficient (Wildman–Crippen LogP) is 2.59. The summed E-state index contributed by atoms with van der Waals surface area (Å²) in [5, 5.41) is 5.25. The van der Waals surface area contributed by atoms with Gasteiger partial charge < -0.3 is 5.73 Å². The van der Waals surface area contributed by atoms with Crippen molar-refractivity contribution in [3.63, 3.8) is 0 Å². The standard InChI is InChI=1S/C14H10F4N6/c15-8-4-2-1-3-7(8)5-9-11(19)20-6-10(21-9)12-22-13(24-23-12)14(16,17)18/h1-4,6H,5H2,(H2,19,20)(H,22,23,24). The van der Waals surface area contributed by atoms with Crippen molar-refractivity contribution >= 4 is 5.82 Å². The van der Waals surface area contributed by atoms with E-state index in [4.69, 9.17) is 5.73 Å². The smallest absolute Gasteiger partial charge is 0.382 e. The number of nitrogens with two attached hydrogens (primary N) is 1. The van der Waals surface area contributed by atoms with Crippen LogP contribution in [0.1, 0.15) is 17.1 Å². The molecule has 3 rings (SSSR count). The van der Waals surface area contributed by atoms with Crippen LogP contribution in [0.3, 0.4) is 0 Å². The Morgan fingerprint density at radius 1 is 1.12 bits per heavy atom. The summed E-state index contributed by atoms with van der Waals surface area (Å²) in [5.74, 6) is -1.91. The van der Waals surface area contributed by atoms with E-state index in [1.807, 2.05) is 0 Å². The number of rotatable bonds is 3.